The second-order valence-corrected chi connectivity index (χ2v) is 10.5. The summed E-state index contributed by atoms with van der Waals surface area (Å²) in [5, 5.41) is 22.5. The molecule has 0 bridgehead atoms. The first-order valence-electron chi connectivity index (χ1n) is 10.7. The number of nitrogens with zero attached hydrogens (tertiary/aromatic N) is 2. The van der Waals surface area contributed by atoms with E-state index in [1.54, 1.807) is 13.0 Å². The Hall–Kier alpha value is -2.95. The average Bonchev–Trinajstić information content (AvgIpc) is 3.12. The van der Waals surface area contributed by atoms with Crippen molar-refractivity contribution >= 4 is 27.1 Å². The third-order valence-corrected chi connectivity index (χ3v) is 7.07. The summed E-state index contributed by atoms with van der Waals surface area (Å²) in [4.78, 5) is 18.8. The maximum absolute atomic E-state index is 13.5. The zero-order valence-electron chi connectivity index (χ0n) is 18.9. The predicted molar refractivity (Wildman–Crippen MR) is 126 cm³/mol. The number of amides is 1. The molecule has 0 unspecified atom stereocenters. The maximum atomic E-state index is 13.5. The lowest BCUT2D eigenvalue weighted by Gasteiger charge is -2.30. The number of carbonyl (C=O) groups is 1. The van der Waals surface area contributed by atoms with Crippen LogP contribution >= 0.6 is 0 Å². The fourth-order valence-electron chi connectivity index (χ4n) is 3.75. The molecule has 3 aromatic rings. The van der Waals surface area contributed by atoms with Crippen LogP contribution in [0, 0.1) is 12.8 Å². The molecule has 33 heavy (non-hydrogen) atoms. The van der Waals surface area contributed by atoms with Crippen molar-refractivity contribution < 1.29 is 23.4 Å². The smallest absolute Gasteiger partial charge is 0.404 e. The van der Waals surface area contributed by atoms with Gasteiger partial charge in [-0.1, -0.05) is 44.2 Å². The summed E-state index contributed by atoms with van der Waals surface area (Å²) in [6.45, 7) is 5.47. The number of benzene rings is 2. The molecule has 3 rings (SSSR count). The van der Waals surface area contributed by atoms with Gasteiger partial charge in [0, 0.05) is 13.1 Å². The highest BCUT2D eigenvalue weighted by atomic mass is 32.2. The molecule has 2 aromatic carbocycles. The minimum atomic E-state index is -3.96. The highest BCUT2D eigenvalue weighted by molar-refractivity contribution is 7.89. The molecule has 2 atom stereocenters. The third kappa shape index (κ3) is 6.31. The lowest BCUT2D eigenvalue weighted by atomic mass is 10.0. The van der Waals surface area contributed by atoms with Crippen LogP contribution in [0.1, 0.15) is 25.2 Å². The van der Waals surface area contributed by atoms with E-state index in [1.165, 1.54) is 16.4 Å². The lowest BCUT2D eigenvalue weighted by Crippen LogP contribution is -2.50. The largest absolute Gasteiger partial charge is 0.465 e. The number of aromatic nitrogens is 2. The van der Waals surface area contributed by atoms with Gasteiger partial charge in [0.05, 0.1) is 28.1 Å². The number of aromatic amines is 1. The van der Waals surface area contributed by atoms with Gasteiger partial charge in [-0.25, -0.2) is 18.2 Å². The van der Waals surface area contributed by atoms with Crippen LogP contribution in [0.4, 0.5) is 4.79 Å². The van der Waals surface area contributed by atoms with E-state index in [1.807, 2.05) is 44.2 Å². The van der Waals surface area contributed by atoms with Crippen molar-refractivity contribution in [1.29, 1.82) is 0 Å². The quantitative estimate of drug-likeness (QED) is 0.357. The first kappa shape index (κ1) is 24.7. The second kappa shape index (κ2) is 10.3. The zero-order valence-corrected chi connectivity index (χ0v) is 19.7. The normalized spacial score (nSPS) is 14.0. The van der Waals surface area contributed by atoms with Crippen molar-refractivity contribution in [2.45, 2.75) is 44.2 Å². The highest BCUT2D eigenvalue weighted by Gasteiger charge is 2.31. The molecule has 0 fully saturated rings. The number of carboxylic acid groups (broad SMARTS) is 1. The van der Waals surface area contributed by atoms with Crippen molar-refractivity contribution in [2.24, 2.45) is 5.92 Å². The Balaban J connectivity index is 1.88. The van der Waals surface area contributed by atoms with Crippen LogP contribution < -0.4 is 5.32 Å². The molecule has 0 spiro atoms. The zero-order chi connectivity index (χ0) is 24.2. The molecule has 4 N–H and O–H groups in total. The molecule has 1 aromatic heterocycles. The van der Waals surface area contributed by atoms with E-state index in [0.29, 0.717) is 11.3 Å². The van der Waals surface area contributed by atoms with Gasteiger partial charge in [-0.05, 0) is 43.0 Å². The van der Waals surface area contributed by atoms with Gasteiger partial charge in [0.1, 0.15) is 5.82 Å². The minimum Gasteiger partial charge on any atom is -0.465 e. The molecule has 1 heterocycles. The molecule has 1 amide bonds. The number of sulfonamides is 1. The van der Waals surface area contributed by atoms with Crippen LogP contribution in [-0.2, 0) is 16.4 Å². The van der Waals surface area contributed by atoms with Crippen molar-refractivity contribution in [1.82, 2.24) is 19.6 Å². The van der Waals surface area contributed by atoms with Crippen LogP contribution in [0.25, 0.3) is 11.0 Å². The fraction of sp³-hybridized carbons (Fsp3) is 0.391. The molecule has 0 aliphatic carbocycles. The number of imidazole rings is 1. The summed E-state index contributed by atoms with van der Waals surface area (Å²) >= 11 is 0. The summed E-state index contributed by atoms with van der Waals surface area (Å²) in [6.07, 6.45) is -2.32. The van der Waals surface area contributed by atoms with E-state index in [-0.39, 0.29) is 30.3 Å². The number of rotatable bonds is 10. The third-order valence-electron chi connectivity index (χ3n) is 5.24. The molecule has 0 aliphatic rings. The van der Waals surface area contributed by atoms with Crippen molar-refractivity contribution in [3.63, 3.8) is 0 Å². The Morgan fingerprint density at radius 3 is 2.48 bits per heavy atom. The van der Waals surface area contributed by atoms with E-state index in [9.17, 15) is 23.4 Å². The van der Waals surface area contributed by atoms with E-state index in [2.05, 4.69) is 15.3 Å². The Labute approximate surface area is 193 Å². The molecular weight excluding hydrogens is 444 g/mol. The molecular formula is C23H30N4O5S. The molecule has 9 nitrogen and oxygen atoms in total. The van der Waals surface area contributed by atoms with Crippen molar-refractivity contribution in [3.05, 3.63) is 59.9 Å². The van der Waals surface area contributed by atoms with Gasteiger partial charge in [-0.15, -0.1) is 0 Å². The van der Waals surface area contributed by atoms with Crippen molar-refractivity contribution in [2.75, 3.05) is 13.1 Å². The summed E-state index contributed by atoms with van der Waals surface area (Å²) in [5.41, 5.74) is 2.09. The molecule has 0 aliphatic heterocycles. The Bertz CT molecular complexity index is 1190. The van der Waals surface area contributed by atoms with E-state index < -0.39 is 28.3 Å². The monoisotopic (exact) mass is 474 g/mol. The van der Waals surface area contributed by atoms with Gasteiger partial charge in [0.25, 0.3) is 0 Å². The second-order valence-electron chi connectivity index (χ2n) is 8.53. The van der Waals surface area contributed by atoms with Crippen LogP contribution in [0.2, 0.25) is 0 Å². The first-order valence-corrected chi connectivity index (χ1v) is 12.2. The van der Waals surface area contributed by atoms with Gasteiger partial charge in [-0.3, -0.25) is 0 Å². The maximum Gasteiger partial charge on any atom is 0.404 e. The summed E-state index contributed by atoms with van der Waals surface area (Å²) in [7, 11) is -3.96. The van der Waals surface area contributed by atoms with Gasteiger partial charge >= 0.3 is 6.09 Å². The number of fused-ring (bicyclic) bond motifs is 1. The lowest BCUT2D eigenvalue weighted by molar-refractivity contribution is 0.0980. The molecule has 0 saturated heterocycles. The van der Waals surface area contributed by atoms with Gasteiger partial charge in [-0.2, -0.15) is 4.31 Å². The number of hydrogen-bond donors (Lipinski definition) is 4. The number of nitrogens with one attached hydrogen (secondary N) is 2. The van der Waals surface area contributed by atoms with Gasteiger partial charge in [0.2, 0.25) is 10.0 Å². The fourth-order valence-corrected chi connectivity index (χ4v) is 5.39. The topological polar surface area (TPSA) is 136 Å². The summed E-state index contributed by atoms with van der Waals surface area (Å²) in [5.74, 6) is 0.667. The number of aliphatic hydroxyl groups excluding tert-OH is 1. The number of H-pyrrole nitrogens is 1. The number of aryl methyl sites for hydroxylation is 1. The molecule has 178 valence electrons. The molecule has 10 heteroatoms. The summed E-state index contributed by atoms with van der Waals surface area (Å²) in [6, 6.07) is 12.9. The van der Waals surface area contributed by atoms with E-state index >= 15 is 0 Å². The average molecular weight is 475 g/mol. The van der Waals surface area contributed by atoms with E-state index in [0.717, 1.165) is 11.1 Å². The van der Waals surface area contributed by atoms with Crippen LogP contribution in [0.15, 0.2) is 53.4 Å². The van der Waals surface area contributed by atoms with Crippen LogP contribution in [0.3, 0.4) is 0 Å². The molecule has 0 radical (unpaired) electrons. The number of hydrogen-bond acceptors (Lipinski definition) is 5. The Morgan fingerprint density at radius 1 is 1.15 bits per heavy atom. The SMILES string of the molecule is Cc1nc2cc(S(=O)(=O)N(CC(C)C)C[C@H](O)[C@H](Cc3ccccc3)NC(=O)O)ccc2[nH]1. The highest BCUT2D eigenvalue weighted by Crippen LogP contribution is 2.22. The molecule has 0 saturated carbocycles. The summed E-state index contributed by atoms with van der Waals surface area (Å²) < 4.78 is 28.2. The Morgan fingerprint density at radius 2 is 1.85 bits per heavy atom. The standard InChI is InChI=1S/C23H30N4O5S/c1-15(2)13-27(33(31,32)18-9-10-19-20(12-18)25-16(3)24-19)14-22(28)21(26-23(29)30)11-17-7-5-4-6-8-17/h4-10,12,15,21-22,26,28H,11,13-14H2,1-3H3,(H,24,25)(H,29,30)/t21-,22-/m0/s1. The van der Waals surface area contributed by atoms with Gasteiger partial charge < -0.3 is 20.5 Å². The van der Waals surface area contributed by atoms with Crippen molar-refractivity contribution in [3.8, 4) is 0 Å². The van der Waals surface area contributed by atoms with Crippen LogP contribution in [-0.4, -0.2) is 64.2 Å². The van der Waals surface area contributed by atoms with Gasteiger partial charge in [0.15, 0.2) is 0 Å². The number of aliphatic hydroxyl groups is 1. The van der Waals surface area contributed by atoms with E-state index in [4.69, 9.17) is 0 Å². The minimum absolute atomic E-state index is 0.0108. The predicted octanol–water partition coefficient (Wildman–Crippen LogP) is 2.76. The van der Waals surface area contributed by atoms with Crippen LogP contribution in [0.5, 0.6) is 0 Å². The first-order chi connectivity index (χ1) is 15.6. The Kier molecular flexibility index (Phi) is 7.72.